The Balaban J connectivity index is 3.29. The normalized spacial score (nSPS) is 13.2. The van der Waals surface area contributed by atoms with Crippen LogP contribution in [0.15, 0.2) is 4.47 Å². The van der Waals surface area contributed by atoms with Gasteiger partial charge >= 0.3 is 5.97 Å². The average Bonchev–Trinajstić information content (AvgIpc) is 2.41. The van der Waals surface area contributed by atoms with Gasteiger partial charge in [0, 0.05) is 0 Å². The molecule has 15 heavy (non-hydrogen) atoms. The van der Waals surface area contributed by atoms with E-state index >= 15 is 0 Å². The standard InChI is InChI=1S/C8H9BrF2N2O2/c1-3-5(9)6(7(10)11)13(12-3)4(2)8(14)15/h4,7H,1-2H3,(H,14,15)/t4-/m1/s1. The molecule has 4 nitrogen and oxygen atoms in total. The second-order valence-corrected chi connectivity index (χ2v) is 3.84. The summed E-state index contributed by atoms with van der Waals surface area (Å²) in [5.41, 5.74) is -0.0548. The number of carbonyl (C=O) groups is 1. The van der Waals surface area contributed by atoms with Crippen molar-refractivity contribution in [2.45, 2.75) is 26.3 Å². The zero-order chi connectivity index (χ0) is 11.7. The first-order valence-electron chi connectivity index (χ1n) is 4.11. The highest BCUT2D eigenvalue weighted by molar-refractivity contribution is 9.10. The number of alkyl halides is 2. The third-order valence-electron chi connectivity index (χ3n) is 1.98. The van der Waals surface area contributed by atoms with Crippen LogP contribution in [-0.4, -0.2) is 20.9 Å². The Hall–Kier alpha value is -0.980. The summed E-state index contributed by atoms with van der Waals surface area (Å²) in [6.45, 7) is 2.83. The zero-order valence-corrected chi connectivity index (χ0v) is 9.62. The van der Waals surface area contributed by atoms with Gasteiger partial charge in [-0.3, -0.25) is 0 Å². The summed E-state index contributed by atoms with van der Waals surface area (Å²) in [4.78, 5) is 10.7. The van der Waals surface area contributed by atoms with E-state index in [2.05, 4.69) is 21.0 Å². The van der Waals surface area contributed by atoms with E-state index in [0.717, 1.165) is 4.68 Å². The van der Waals surface area contributed by atoms with Gasteiger partial charge in [0.1, 0.15) is 11.7 Å². The van der Waals surface area contributed by atoms with Crippen LogP contribution in [0.25, 0.3) is 0 Å². The summed E-state index contributed by atoms with van der Waals surface area (Å²) in [5, 5.41) is 12.5. The fraction of sp³-hybridized carbons (Fsp3) is 0.500. The second-order valence-electron chi connectivity index (χ2n) is 3.04. The minimum atomic E-state index is -2.76. The van der Waals surface area contributed by atoms with Crippen molar-refractivity contribution in [3.8, 4) is 0 Å². The van der Waals surface area contributed by atoms with Gasteiger partial charge in [-0.25, -0.2) is 18.3 Å². The Morgan fingerprint density at radius 3 is 2.53 bits per heavy atom. The van der Waals surface area contributed by atoms with E-state index in [1.54, 1.807) is 0 Å². The van der Waals surface area contributed by atoms with Crippen molar-refractivity contribution in [1.29, 1.82) is 0 Å². The third kappa shape index (κ3) is 2.17. The van der Waals surface area contributed by atoms with Gasteiger partial charge in [0.25, 0.3) is 6.43 Å². The maximum absolute atomic E-state index is 12.6. The average molecular weight is 283 g/mol. The summed E-state index contributed by atoms with van der Waals surface area (Å²) in [6, 6.07) is -1.11. The van der Waals surface area contributed by atoms with Crippen LogP contribution in [0.5, 0.6) is 0 Å². The molecule has 0 amide bonds. The van der Waals surface area contributed by atoms with Crippen molar-refractivity contribution in [1.82, 2.24) is 9.78 Å². The molecule has 0 radical (unpaired) electrons. The van der Waals surface area contributed by atoms with Crippen LogP contribution in [0.1, 0.15) is 30.8 Å². The Morgan fingerprint density at radius 2 is 2.13 bits per heavy atom. The Morgan fingerprint density at radius 1 is 1.60 bits per heavy atom. The molecule has 0 fully saturated rings. The molecule has 0 aliphatic heterocycles. The number of aryl methyl sites for hydroxylation is 1. The molecule has 0 bridgehead atoms. The highest BCUT2D eigenvalue weighted by Crippen LogP contribution is 2.31. The number of carboxylic acids is 1. The van der Waals surface area contributed by atoms with Gasteiger partial charge in [-0.1, -0.05) is 0 Å². The molecule has 0 spiro atoms. The third-order valence-corrected chi connectivity index (χ3v) is 2.96. The maximum Gasteiger partial charge on any atom is 0.328 e. The van der Waals surface area contributed by atoms with Crippen LogP contribution in [0.3, 0.4) is 0 Å². The van der Waals surface area contributed by atoms with E-state index in [0.29, 0.717) is 5.69 Å². The number of hydrogen-bond donors (Lipinski definition) is 1. The van der Waals surface area contributed by atoms with E-state index in [9.17, 15) is 13.6 Å². The number of carboxylic acid groups (broad SMARTS) is 1. The van der Waals surface area contributed by atoms with Crippen LogP contribution in [0.4, 0.5) is 8.78 Å². The number of halogens is 3. The van der Waals surface area contributed by atoms with E-state index in [4.69, 9.17) is 5.11 Å². The molecule has 84 valence electrons. The first-order valence-corrected chi connectivity index (χ1v) is 4.91. The maximum atomic E-state index is 12.6. The monoisotopic (exact) mass is 282 g/mol. The number of nitrogens with zero attached hydrogens (tertiary/aromatic N) is 2. The molecule has 1 heterocycles. The minimum absolute atomic E-state index is 0.158. The molecule has 0 unspecified atom stereocenters. The van der Waals surface area contributed by atoms with Gasteiger partial charge < -0.3 is 5.11 Å². The topological polar surface area (TPSA) is 55.1 Å². The quantitative estimate of drug-likeness (QED) is 0.927. The molecule has 1 aromatic rings. The Labute approximate surface area is 93.0 Å². The summed E-state index contributed by atoms with van der Waals surface area (Å²) in [7, 11) is 0. The van der Waals surface area contributed by atoms with Crippen LogP contribution >= 0.6 is 15.9 Å². The van der Waals surface area contributed by atoms with Gasteiger partial charge in [-0.05, 0) is 29.8 Å². The van der Waals surface area contributed by atoms with Crippen molar-refractivity contribution in [2.75, 3.05) is 0 Å². The fourth-order valence-corrected chi connectivity index (χ4v) is 1.57. The predicted octanol–water partition coefficient (Wildman–Crippen LogP) is 2.54. The van der Waals surface area contributed by atoms with Gasteiger partial charge in [0.2, 0.25) is 0 Å². The Kier molecular flexibility index (Phi) is 3.43. The molecule has 1 atom stereocenters. The smallest absolute Gasteiger partial charge is 0.328 e. The number of aromatic nitrogens is 2. The van der Waals surface area contributed by atoms with Crippen molar-refractivity contribution >= 4 is 21.9 Å². The molecule has 0 saturated heterocycles. The molecule has 1 N–H and O–H groups in total. The fourth-order valence-electron chi connectivity index (χ4n) is 1.14. The minimum Gasteiger partial charge on any atom is -0.480 e. The van der Waals surface area contributed by atoms with Gasteiger partial charge in [-0.15, -0.1) is 0 Å². The van der Waals surface area contributed by atoms with Crippen molar-refractivity contribution in [2.24, 2.45) is 0 Å². The zero-order valence-electron chi connectivity index (χ0n) is 8.04. The number of aliphatic carboxylic acids is 1. The van der Waals surface area contributed by atoms with Crippen molar-refractivity contribution in [3.63, 3.8) is 0 Å². The molecular formula is C8H9BrF2N2O2. The lowest BCUT2D eigenvalue weighted by Gasteiger charge is -2.10. The highest BCUT2D eigenvalue weighted by atomic mass is 79.9. The molecule has 0 aliphatic rings. The predicted molar refractivity (Wildman–Crippen MR) is 52.0 cm³/mol. The largest absolute Gasteiger partial charge is 0.480 e. The lowest BCUT2D eigenvalue weighted by molar-refractivity contribution is -0.140. The van der Waals surface area contributed by atoms with Crippen LogP contribution in [0, 0.1) is 6.92 Å². The lowest BCUT2D eigenvalue weighted by Crippen LogP contribution is -2.19. The van der Waals surface area contributed by atoms with Crippen LogP contribution < -0.4 is 0 Å². The van der Waals surface area contributed by atoms with E-state index in [1.165, 1.54) is 13.8 Å². The summed E-state index contributed by atoms with van der Waals surface area (Å²) in [5.74, 6) is -1.20. The molecular weight excluding hydrogens is 274 g/mol. The SMILES string of the molecule is Cc1nn([C@H](C)C(=O)O)c(C(F)F)c1Br. The number of rotatable bonds is 3. The second kappa shape index (κ2) is 4.26. The Bertz CT molecular complexity index is 392. The summed E-state index contributed by atoms with van der Waals surface area (Å²) >= 11 is 2.96. The molecule has 1 rings (SSSR count). The van der Waals surface area contributed by atoms with Crippen molar-refractivity contribution in [3.05, 3.63) is 15.9 Å². The number of hydrogen-bond acceptors (Lipinski definition) is 2. The molecule has 7 heteroatoms. The van der Waals surface area contributed by atoms with Gasteiger partial charge in [-0.2, -0.15) is 5.10 Å². The molecule has 0 saturated carbocycles. The van der Waals surface area contributed by atoms with Crippen LogP contribution in [-0.2, 0) is 4.79 Å². The lowest BCUT2D eigenvalue weighted by atomic mass is 10.3. The first kappa shape index (κ1) is 12.1. The molecule has 0 aromatic carbocycles. The van der Waals surface area contributed by atoms with E-state index in [1.807, 2.05) is 0 Å². The summed E-state index contributed by atoms with van der Waals surface area (Å²) < 4.78 is 26.3. The first-order chi connectivity index (χ1) is 6.86. The van der Waals surface area contributed by atoms with Crippen molar-refractivity contribution < 1.29 is 18.7 Å². The van der Waals surface area contributed by atoms with E-state index in [-0.39, 0.29) is 4.47 Å². The highest BCUT2D eigenvalue weighted by Gasteiger charge is 2.26. The molecule has 0 aliphatic carbocycles. The summed E-state index contributed by atoms with van der Waals surface area (Å²) in [6.07, 6.45) is -2.76. The van der Waals surface area contributed by atoms with E-state index < -0.39 is 24.1 Å². The van der Waals surface area contributed by atoms with Gasteiger partial charge in [0.05, 0.1) is 10.2 Å². The molecule has 1 aromatic heterocycles. The van der Waals surface area contributed by atoms with Gasteiger partial charge in [0.15, 0.2) is 0 Å². The van der Waals surface area contributed by atoms with Crippen LogP contribution in [0.2, 0.25) is 0 Å².